The molecule has 1 heterocycles. The summed E-state index contributed by atoms with van der Waals surface area (Å²) in [6, 6.07) is 7.81. The normalized spacial score (nSPS) is 18.5. The second-order valence-electron chi connectivity index (χ2n) is 4.77. The molecule has 0 saturated heterocycles. The SMILES string of the molecule is Cc1[nH]ncc1S(=O)(=O)NC1CCc2ccccc21. The Bertz CT molecular complexity index is 706. The molecule has 1 aromatic heterocycles. The zero-order valence-electron chi connectivity index (χ0n) is 10.6. The third kappa shape index (κ3) is 2.17. The smallest absolute Gasteiger partial charge is 0.244 e. The molecule has 1 aliphatic carbocycles. The van der Waals surface area contributed by atoms with Crippen molar-refractivity contribution in [3.63, 3.8) is 0 Å². The molecule has 0 bridgehead atoms. The average molecular weight is 277 g/mol. The Morgan fingerprint density at radius 3 is 2.89 bits per heavy atom. The highest BCUT2D eigenvalue weighted by Crippen LogP contribution is 2.32. The van der Waals surface area contributed by atoms with Gasteiger partial charge in [0.05, 0.1) is 11.9 Å². The van der Waals surface area contributed by atoms with E-state index in [4.69, 9.17) is 0 Å². The highest BCUT2D eigenvalue weighted by molar-refractivity contribution is 7.89. The van der Waals surface area contributed by atoms with Crippen molar-refractivity contribution in [3.8, 4) is 0 Å². The monoisotopic (exact) mass is 277 g/mol. The Labute approximate surface area is 112 Å². The lowest BCUT2D eigenvalue weighted by Crippen LogP contribution is -2.27. The molecular formula is C13H15N3O2S. The van der Waals surface area contributed by atoms with Gasteiger partial charge in [-0.3, -0.25) is 5.10 Å². The fourth-order valence-electron chi connectivity index (χ4n) is 2.54. The minimum Gasteiger partial charge on any atom is -0.281 e. The largest absolute Gasteiger partial charge is 0.281 e. The van der Waals surface area contributed by atoms with Gasteiger partial charge in [-0.05, 0) is 30.9 Å². The number of aromatic amines is 1. The number of hydrogen-bond donors (Lipinski definition) is 2. The van der Waals surface area contributed by atoms with Crippen LogP contribution in [-0.4, -0.2) is 18.6 Å². The van der Waals surface area contributed by atoms with E-state index < -0.39 is 10.0 Å². The van der Waals surface area contributed by atoms with Gasteiger partial charge in [-0.2, -0.15) is 5.10 Å². The maximum atomic E-state index is 12.3. The molecule has 0 radical (unpaired) electrons. The summed E-state index contributed by atoms with van der Waals surface area (Å²) >= 11 is 0. The van der Waals surface area contributed by atoms with Crippen molar-refractivity contribution in [1.82, 2.24) is 14.9 Å². The van der Waals surface area contributed by atoms with Gasteiger partial charge in [0, 0.05) is 6.04 Å². The lowest BCUT2D eigenvalue weighted by atomic mass is 10.1. The molecule has 2 aromatic rings. The van der Waals surface area contributed by atoms with E-state index in [9.17, 15) is 8.42 Å². The van der Waals surface area contributed by atoms with Gasteiger partial charge < -0.3 is 0 Å². The minimum atomic E-state index is -3.52. The second-order valence-corrected chi connectivity index (χ2v) is 6.45. The molecule has 0 aliphatic heterocycles. The average Bonchev–Trinajstić information content (AvgIpc) is 2.97. The van der Waals surface area contributed by atoms with Crippen LogP contribution in [0.1, 0.15) is 29.3 Å². The summed E-state index contributed by atoms with van der Waals surface area (Å²) < 4.78 is 27.4. The van der Waals surface area contributed by atoms with Crippen LogP contribution >= 0.6 is 0 Å². The fourth-order valence-corrected chi connectivity index (χ4v) is 3.93. The van der Waals surface area contributed by atoms with Crippen LogP contribution in [0.3, 0.4) is 0 Å². The topological polar surface area (TPSA) is 74.8 Å². The molecule has 1 aliphatic rings. The van der Waals surface area contributed by atoms with Crippen LogP contribution in [-0.2, 0) is 16.4 Å². The molecule has 0 fully saturated rings. The number of H-pyrrole nitrogens is 1. The molecule has 2 N–H and O–H groups in total. The van der Waals surface area contributed by atoms with Gasteiger partial charge in [-0.25, -0.2) is 13.1 Å². The molecule has 19 heavy (non-hydrogen) atoms. The minimum absolute atomic E-state index is 0.143. The van der Waals surface area contributed by atoms with Crippen LogP contribution in [0.5, 0.6) is 0 Å². The fraction of sp³-hybridized carbons (Fsp3) is 0.308. The van der Waals surface area contributed by atoms with Crippen molar-refractivity contribution in [3.05, 3.63) is 47.3 Å². The molecule has 1 aromatic carbocycles. The van der Waals surface area contributed by atoms with Crippen molar-refractivity contribution >= 4 is 10.0 Å². The number of nitrogens with zero attached hydrogens (tertiary/aromatic N) is 1. The number of aryl methyl sites for hydroxylation is 2. The Hall–Kier alpha value is -1.66. The van der Waals surface area contributed by atoms with Gasteiger partial charge in [-0.15, -0.1) is 0 Å². The molecule has 3 rings (SSSR count). The lowest BCUT2D eigenvalue weighted by Gasteiger charge is -2.13. The zero-order valence-corrected chi connectivity index (χ0v) is 11.4. The summed E-state index contributed by atoms with van der Waals surface area (Å²) in [6.07, 6.45) is 3.06. The molecule has 100 valence electrons. The van der Waals surface area contributed by atoms with Gasteiger partial charge in [0.1, 0.15) is 4.90 Å². The summed E-state index contributed by atoms with van der Waals surface area (Å²) in [7, 11) is -3.52. The summed E-state index contributed by atoms with van der Waals surface area (Å²) in [5.41, 5.74) is 2.85. The second kappa shape index (κ2) is 4.47. The summed E-state index contributed by atoms with van der Waals surface area (Å²) in [6.45, 7) is 1.70. The molecule has 0 saturated carbocycles. The number of hydrogen-bond acceptors (Lipinski definition) is 3. The van der Waals surface area contributed by atoms with Gasteiger partial charge in [0.15, 0.2) is 0 Å². The van der Waals surface area contributed by atoms with Gasteiger partial charge in [-0.1, -0.05) is 24.3 Å². The van der Waals surface area contributed by atoms with Crippen molar-refractivity contribution in [2.24, 2.45) is 0 Å². The number of fused-ring (bicyclic) bond motifs is 1. The molecule has 0 amide bonds. The third-order valence-corrected chi connectivity index (χ3v) is 5.09. The van der Waals surface area contributed by atoms with E-state index in [-0.39, 0.29) is 10.9 Å². The van der Waals surface area contributed by atoms with Crippen molar-refractivity contribution in [1.29, 1.82) is 0 Å². The number of nitrogens with one attached hydrogen (secondary N) is 2. The number of benzene rings is 1. The van der Waals surface area contributed by atoms with Gasteiger partial charge >= 0.3 is 0 Å². The molecule has 6 heteroatoms. The van der Waals surface area contributed by atoms with E-state index in [1.54, 1.807) is 6.92 Å². The van der Waals surface area contributed by atoms with E-state index in [0.29, 0.717) is 5.69 Å². The highest BCUT2D eigenvalue weighted by atomic mass is 32.2. The summed E-state index contributed by atoms with van der Waals surface area (Å²) in [5.74, 6) is 0. The van der Waals surface area contributed by atoms with Crippen LogP contribution < -0.4 is 4.72 Å². The predicted octanol–water partition coefficient (Wildman–Crippen LogP) is 1.68. The maximum absolute atomic E-state index is 12.3. The van der Waals surface area contributed by atoms with E-state index >= 15 is 0 Å². The molecular weight excluding hydrogens is 262 g/mol. The number of sulfonamides is 1. The number of aromatic nitrogens is 2. The van der Waals surface area contributed by atoms with Crippen molar-refractivity contribution < 1.29 is 8.42 Å². The first kappa shape index (κ1) is 12.4. The standard InChI is InChI=1S/C13H15N3O2S/c1-9-13(8-14-15-9)19(17,18)16-12-7-6-10-4-2-3-5-11(10)12/h2-5,8,12,16H,6-7H2,1H3,(H,14,15). The van der Waals surface area contributed by atoms with E-state index in [0.717, 1.165) is 18.4 Å². The van der Waals surface area contributed by atoms with Crippen LogP contribution in [0, 0.1) is 6.92 Å². The third-order valence-electron chi connectivity index (χ3n) is 3.50. The molecule has 1 unspecified atom stereocenters. The first-order valence-electron chi connectivity index (χ1n) is 6.18. The molecule has 5 nitrogen and oxygen atoms in total. The summed E-state index contributed by atoms with van der Waals surface area (Å²) in [5, 5.41) is 6.41. The van der Waals surface area contributed by atoms with Crippen molar-refractivity contribution in [2.75, 3.05) is 0 Å². The first-order chi connectivity index (χ1) is 9.08. The Balaban J connectivity index is 1.90. The molecule has 0 spiro atoms. The molecule has 1 atom stereocenters. The Morgan fingerprint density at radius 1 is 1.37 bits per heavy atom. The highest BCUT2D eigenvalue weighted by Gasteiger charge is 2.28. The van der Waals surface area contributed by atoms with Gasteiger partial charge in [0.2, 0.25) is 10.0 Å². The maximum Gasteiger partial charge on any atom is 0.244 e. The van der Waals surface area contributed by atoms with E-state index in [1.807, 2.05) is 24.3 Å². The van der Waals surface area contributed by atoms with Crippen molar-refractivity contribution in [2.45, 2.75) is 30.7 Å². The van der Waals surface area contributed by atoms with Crippen LogP contribution in [0.25, 0.3) is 0 Å². The predicted molar refractivity (Wildman–Crippen MR) is 71.2 cm³/mol. The zero-order chi connectivity index (χ0) is 13.5. The van der Waals surface area contributed by atoms with Crippen LogP contribution in [0.4, 0.5) is 0 Å². The lowest BCUT2D eigenvalue weighted by molar-refractivity contribution is 0.554. The van der Waals surface area contributed by atoms with E-state index in [2.05, 4.69) is 14.9 Å². The van der Waals surface area contributed by atoms with Gasteiger partial charge in [0.25, 0.3) is 0 Å². The van der Waals surface area contributed by atoms with Crippen LogP contribution in [0.2, 0.25) is 0 Å². The first-order valence-corrected chi connectivity index (χ1v) is 7.66. The van der Waals surface area contributed by atoms with E-state index in [1.165, 1.54) is 11.8 Å². The Kier molecular flexibility index (Phi) is 2.91. The summed E-state index contributed by atoms with van der Waals surface area (Å²) in [4.78, 5) is 0.219. The van der Waals surface area contributed by atoms with Crippen LogP contribution in [0.15, 0.2) is 35.4 Å². The number of rotatable bonds is 3. The Morgan fingerprint density at radius 2 is 2.16 bits per heavy atom. The quantitative estimate of drug-likeness (QED) is 0.896.